The van der Waals surface area contributed by atoms with Crippen molar-refractivity contribution in [2.45, 2.75) is 46.1 Å². The van der Waals surface area contributed by atoms with Gasteiger partial charge in [0, 0.05) is 19.0 Å². The van der Waals surface area contributed by atoms with Crippen molar-refractivity contribution in [2.24, 2.45) is 5.73 Å². The SMILES string of the molecule is CCCCN(CCC(=N)N)C(C)C. The number of amidine groups is 1. The van der Waals surface area contributed by atoms with Crippen LogP contribution in [-0.2, 0) is 0 Å². The fourth-order valence-corrected chi connectivity index (χ4v) is 1.25. The van der Waals surface area contributed by atoms with E-state index in [2.05, 4.69) is 25.7 Å². The maximum Gasteiger partial charge on any atom is 0.0918 e. The largest absolute Gasteiger partial charge is 0.388 e. The van der Waals surface area contributed by atoms with E-state index in [9.17, 15) is 0 Å². The van der Waals surface area contributed by atoms with Crippen LogP contribution in [0.2, 0.25) is 0 Å². The lowest BCUT2D eigenvalue weighted by atomic mass is 10.2. The second kappa shape index (κ2) is 6.89. The van der Waals surface area contributed by atoms with Gasteiger partial charge >= 0.3 is 0 Å². The molecule has 0 rings (SSSR count). The van der Waals surface area contributed by atoms with E-state index in [1.54, 1.807) is 0 Å². The molecule has 0 aliphatic heterocycles. The summed E-state index contributed by atoms with van der Waals surface area (Å²) in [7, 11) is 0. The molecule has 0 fully saturated rings. The summed E-state index contributed by atoms with van der Waals surface area (Å²) < 4.78 is 0. The third-order valence-corrected chi connectivity index (χ3v) is 2.20. The van der Waals surface area contributed by atoms with Crippen LogP contribution in [0.5, 0.6) is 0 Å². The van der Waals surface area contributed by atoms with Crippen LogP contribution in [0, 0.1) is 5.41 Å². The van der Waals surface area contributed by atoms with Gasteiger partial charge < -0.3 is 10.6 Å². The van der Waals surface area contributed by atoms with E-state index in [1.807, 2.05) is 0 Å². The fourth-order valence-electron chi connectivity index (χ4n) is 1.25. The third kappa shape index (κ3) is 6.58. The van der Waals surface area contributed by atoms with Gasteiger partial charge in [0.15, 0.2) is 0 Å². The summed E-state index contributed by atoms with van der Waals surface area (Å²) in [5.74, 6) is 0.294. The Morgan fingerprint density at radius 3 is 2.38 bits per heavy atom. The quantitative estimate of drug-likeness (QED) is 0.469. The maximum atomic E-state index is 7.16. The zero-order valence-electron chi connectivity index (χ0n) is 9.14. The summed E-state index contributed by atoms with van der Waals surface area (Å²) in [4.78, 5) is 2.38. The molecule has 0 aliphatic rings. The van der Waals surface area contributed by atoms with Crippen LogP contribution in [0.3, 0.4) is 0 Å². The van der Waals surface area contributed by atoms with Crippen LogP contribution in [0.4, 0.5) is 0 Å². The molecule has 0 aromatic rings. The summed E-state index contributed by atoms with van der Waals surface area (Å²) >= 11 is 0. The van der Waals surface area contributed by atoms with E-state index in [1.165, 1.54) is 12.8 Å². The first-order chi connectivity index (χ1) is 6.07. The minimum atomic E-state index is 0.294. The molecule has 0 aliphatic carbocycles. The highest BCUT2D eigenvalue weighted by atomic mass is 15.1. The predicted molar refractivity (Wildman–Crippen MR) is 58.1 cm³/mol. The lowest BCUT2D eigenvalue weighted by Gasteiger charge is -2.25. The highest BCUT2D eigenvalue weighted by Crippen LogP contribution is 2.02. The molecule has 0 bridgehead atoms. The third-order valence-electron chi connectivity index (χ3n) is 2.20. The number of hydrogen-bond acceptors (Lipinski definition) is 2. The summed E-state index contributed by atoms with van der Waals surface area (Å²) in [5, 5.41) is 7.16. The van der Waals surface area contributed by atoms with Gasteiger partial charge in [-0.25, -0.2) is 0 Å². The highest BCUT2D eigenvalue weighted by molar-refractivity contribution is 5.76. The molecule has 0 spiro atoms. The lowest BCUT2D eigenvalue weighted by Crippen LogP contribution is -2.34. The van der Waals surface area contributed by atoms with E-state index >= 15 is 0 Å². The first-order valence-electron chi connectivity index (χ1n) is 5.14. The topological polar surface area (TPSA) is 53.1 Å². The van der Waals surface area contributed by atoms with Crippen LogP contribution in [0.15, 0.2) is 0 Å². The molecule has 0 atom stereocenters. The van der Waals surface area contributed by atoms with Gasteiger partial charge in [-0.2, -0.15) is 0 Å². The molecule has 0 amide bonds. The standard InChI is InChI=1S/C10H23N3/c1-4-5-7-13(9(2)3)8-6-10(11)12/h9H,4-8H2,1-3H3,(H3,11,12). The average Bonchev–Trinajstić information content (AvgIpc) is 2.03. The van der Waals surface area contributed by atoms with Crippen LogP contribution in [0.1, 0.15) is 40.0 Å². The maximum absolute atomic E-state index is 7.16. The van der Waals surface area contributed by atoms with Crippen molar-refractivity contribution in [1.29, 1.82) is 5.41 Å². The summed E-state index contributed by atoms with van der Waals surface area (Å²) in [6.07, 6.45) is 3.15. The van der Waals surface area contributed by atoms with Gasteiger partial charge in [0.05, 0.1) is 5.84 Å². The van der Waals surface area contributed by atoms with Crippen molar-refractivity contribution in [3.63, 3.8) is 0 Å². The minimum absolute atomic E-state index is 0.294. The van der Waals surface area contributed by atoms with Gasteiger partial charge in [0.2, 0.25) is 0 Å². The fraction of sp³-hybridized carbons (Fsp3) is 0.900. The first kappa shape index (κ1) is 12.4. The Hall–Kier alpha value is -0.570. The second-order valence-corrected chi connectivity index (χ2v) is 3.76. The van der Waals surface area contributed by atoms with Crippen molar-refractivity contribution in [3.05, 3.63) is 0 Å². The highest BCUT2D eigenvalue weighted by Gasteiger charge is 2.08. The predicted octanol–water partition coefficient (Wildman–Crippen LogP) is 1.82. The molecule has 0 saturated heterocycles. The lowest BCUT2D eigenvalue weighted by molar-refractivity contribution is 0.224. The zero-order chi connectivity index (χ0) is 10.3. The first-order valence-corrected chi connectivity index (χ1v) is 5.14. The minimum Gasteiger partial charge on any atom is -0.388 e. The Bertz CT molecular complexity index is 143. The summed E-state index contributed by atoms with van der Waals surface area (Å²) in [6.45, 7) is 8.63. The van der Waals surface area contributed by atoms with Crippen molar-refractivity contribution in [3.8, 4) is 0 Å². The van der Waals surface area contributed by atoms with Crippen molar-refractivity contribution in [1.82, 2.24) is 4.90 Å². The monoisotopic (exact) mass is 185 g/mol. The van der Waals surface area contributed by atoms with Gasteiger partial charge in [0.25, 0.3) is 0 Å². The molecule has 13 heavy (non-hydrogen) atoms. The molecule has 0 unspecified atom stereocenters. The van der Waals surface area contributed by atoms with Gasteiger partial charge in [0.1, 0.15) is 0 Å². The second-order valence-electron chi connectivity index (χ2n) is 3.76. The average molecular weight is 185 g/mol. The molecule has 78 valence electrons. The van der Waals surface area contributed by atoms with Crippen LogP contribution in [-0.4, -0.2) is 29.9 Å². The van der Waals surface area contributed by atoms with E-state index in [-0.39, 0.29) is 0 Å². The Morgan fingerprint density at radius 2 is 2.00 bits per heavy atom. The molecule has 0 aromatic heterocycles. The van der Waals surface area contributed by atoms with Crippen LogP contribution < -0.4 is 5.73 Å². The molecular weight excluding hydrogens is 162 g/mol. The van der Waals surface area contributed by atoms with Crippen LogP contribution in [0.25, 0.3) is 0 Å². The van der Waals surface area contributed by atoms with Crippen molar-refractivity contribution in [2.75, 3.05) is 13.1 Å². The van der Waals surface area contributed by atoms with Gasteiger partial charge in [-0.3, -0.25) is 5.41 Å². The summed E-state index contributed by atoms with van der Waals surface area (Å²) in [5.41, 5.74) is 5.33. The molecule has 0 saturated carbocycles. The Labute approximate surface area is 81.8 Å². The molecule has 3 heteroatoms. The van der Waals surface area contributed by atoms with Crippen LogP contribution >= 0.6 is 0 Å². The van der Waals surface area contributed by atoms with Crippen molar-refractivity contribution < 1.29 is 0 Å². The molecule has 3 N–H and O–H groups in total. The molecule has 0 heterocycles. The Morgan fingerprint density at radius 1 is 1.38 bits per heavy atom. The molecular formula is C10H23N3. The Kier molecular flexibility index (Phi) is 6.59. The van der Waals surface area contributed by atoms with E-state index in [0.29, 0.717) is 18.3 Å². The Balaban J connectivity index is 3.73. The molecule has 3 nitrogen and oxygen atoms in total. The summed E-state index contributed by atoms with van der Waals surface area (Å²) in [6, 6.07) is 0.561. The normalized spacial score (nSPS) is 11.2. The van der Waals surface area contributed by atoms with Gasteiger partial charge in [-0.05, 0) is 26.8 Å². The smallest absolute Gasteiger partial charge is 0.0918 e. The van der Waals surface area contributed by atoms with E-state index in [0.717, 1.165) is 13.1 Å². The number of nitrogens with zero attached hydrogens (tertiary/aromatic N) is 1. The number of nitrogens with two attached hydrogens (primary N) is 1. The van der Waals surface area contributed by atoms with Crippen molar-refractivity contribution >= 4 is 5.84 Å². The number of rotatable bonds is 7. The van der Waals surface area contributed by atoms with Gasteiger partial charge in [-0.1, -0.05) is 13.3 Å². The zero-order valence-corrected chi connectivity index (χ0v) is 9.14. The number of nitrogens with one attached hydrogen (secondary N) is 1. The molecule has 0 radical (unpaired) electrons. The van der Waals surface area contributed by atoms with E-state index in [4.69, 9.17) is 11.1 Å². The van der Waals surface area contributed by atoms with Gasteiger partial charge in [-0.15, -0.1) is 0 Å². The number of unbranched alkanes of at least 4 members (excludes halogenated alkanes) is 1. The van der Waals surface area contributed by atoms with E-state index < -0.39 is 0 Å². The molecule has 0 aromatic carbocycles. The number of hydrogen-bond donors (Lipinski definition) is 2.